The standard InChI is InChI=1S/C8H10INO2S.C6H4ClIO2S.C2H7N/c1-10(2)13(11,12)8-5-3-7(9)4-6-8;7-11(9,10)6-3-1-5(8)2-4-6;1-3-2/h3-6H,1-2H3;1-4H;3H,1-2H3. The van der Waals surface area contributed by atoms with E-state index >= 15 is 0 Å². The molecule has 0 heterocycles. The SMILES string of the molecule is CN(C)S(=O)(=O)c1ccc(I)cc1.CNC.O=S(=O)(Cl)c1ccc(I)cc1. The van der Waals surface area contributed by atoms with Gasteiger partial charge in [0.2, 0.25) is 10.0 Å². The summed E-state index contributed by atoms with van der Waals surface area (Å²) < 4.78 is 47.8. The third-order valence-corrected chi connectivity index (χ3v) is 7.32. The molecular formula is C16H21ClI2N2O4S2. The molecule has 0 bridgehead atoms. The van der Waals surface area contributed by atoms with Gasteiger partial charge in [0.15, 0.2) is 0 Å². The minimum absolute atomic E-state index is 0.139. The molecule has 0 fully saturated rings. The van der Waals surface area contributed by atoms with Gasteiger partial charge >= 0.3 is 0 Å². The van der Waals surface area contributed by atoms with Gasteiger partial charge in [-0.2, -0.15) is 0 Å². The second-order valence-corrected chi connectivity index (χ2v) is 12.3. The Morgan fingerprint density at radius 2 is 1.07 bits per heavy atom. The first-order valence-electron chi connectivity index (χ1n) is 7.33. The molecule has 2 aromatic carbocycles. The fraction of sp³-hybridized carbons (Fsp3) is 0.250. The molecule has 0 aromatic heterocycles. The Bertz CT molecular complexity index is 902. The van der Waals surface area contributed by atoms with Crippen molar-refractivity contribution in [3.8, 4) is 0 Å². The summed E-state index contributed by atoms with van der Waals surface area (Å²) in [6.07, 6.45) is 0. The van der Waals surface area contributed by atoms with Crippen molar-refractivity contribution in [3.05, 3.63) is 55.7 Å². The normalized spacial score (nSPS) is 11.1. The highest BCUT2D eigenvalue weighted by Gasteiger charge is 2.15. The minimum Gasteiger partial charge on any atom is -0.323 e. The van der Waals surface area contributed by atoms with Crippen molar-refractivity contribution in [1.82, 2.24) is 9.62 Å². The molecule has 2 rings (SSSR count). The van der Waals surface area contributed by atoms with Gasteiger partial charge in [0.25, 0.3) is 9.05 Å². The van der Waals surface area contributed by atoms with Crippen molar-refractivity contribution in [3.63, 3.8) is 0 Å². The Hall–Kier alpha value is 0.01000. The maximum atomic E-state index is 11.6. The quantitative estimate of drug-likeness (QED) is 0.403. The van der Waals surface area contributed by atoms with Gasteiger partial charge < -0.3 is 5.32 Å². The molecule has 6 nitrogen and oxygen atoms in total. The first-order valence-corrected chi connectivity index (χ1v) is 13.2. The molecule has 0 aliphatic rings. The van der Waals surface area contributed by atoms with E-state index in [0.717, 1.165) is 7.14 Å². The fourth-order valence-corrected chi connectivity index (χ4v) is 3.81. The molecule has 0 unspecified atom stereocenters. The van der Waals surface area contributed by atoms with Crippen molar-refractivity contribution in [1.29, 1.82) is 0 Å². The summed E-state index contributed by atoms with van der Waals surface area (Å²) in [6.45, 7) is 0. The van der Waals surface area contributed by atoms with E-state index in [4.69, 9.17) is 10.7 Å². The smallest absolute Gasteiger partial charge is 0.261 e. The van der Waals surface area contributed by atoms with E-state index in [1.165, 1.54) is 30.5 Å². The van der Waals surface area contributed by atoms with Crippen LogP contribution in [0, 0.1) is 7.14 Å². The van der Waals surface area contributed by atoms with E-state index in [1.54, 1.807) is 36.4 Å². The number of hydrogen-bond acceptors (Lipinski definition) is 5. The highest BCUT2D eigenvalue weighted by Crippen LogP contribution is 2.16. The van der Waals surface area contributed by atoms with Gasteiger partial charge in [0, 0.05) is 31.9 Å². The minimum atomic E-state index is -3.55. The van der Waals surface area contributed by atoms with Crippen LogP contribution in [0.25, 0.3) is 0 Å². The predicted octanol–water partition coefficient (Wildman–Crippen LogP) is 3.60. The summed E-state index contributed by atoms with van der Waals surface area (Å²) in [6, 6.07) is 13.1. The highest BCUT2D eigenvalue weighted by atomic mass is 127. The second-order valence-electron chi connectivity index (χ2n) is 5.13. The number of nitrogens with zero attached hydrogens (tertiary/aromatic N) is 1. The van der Waals surface area contributed by atoms with Crippen LogP contribution in [0.2, 0.25) is 0 Å². The summed E-state index contributed by atoms with van der Waals surface area (Å²) in [4.78, 5) is 0.470. The van der Waals surface area contributed by atoms with Crippen LogP contribution in [0.15, 0.2) is 58.3 Å². The Morgan fingerprint density at radius 1 is 0.778 bits per heavy atom. The van der Waals surface area contributed by atoms with Crippen LogP contribution in [-0.2, 0) is 19.1 Å². The van der Waals surface area contributed by atoms with E-state index in [1.807, 2.05) is 14.1 Å². The van der Waals surface area contributed by atoms with E-state index in [-0.39, 0.29) is 4.90 Å². The van der Waals surface area contributed by atoms with Crippen molar-refractivity contribution in [2.45, 2.75) is 9.79 Å². The number of sulfonamides is 1. The Balaban J connectivity index is 0.000000442. The van der Waals surface area contributed by atoms with Crippen LogP contribution in [0.3, 0.4) is 0 Å². The van der Waals surface area contributed by atoms with Crippen LogP contribution in [0.5, 0.6) is 0 Å². The lowest BCUT2D eigenvalue weighted by atomic mass is 10.4. The molecular weight excluding hydrogens is 638 g/mol. The molecule has 0 saturated carbocycles. The van der Waals surface area contributed by atoms with Gasteiger partial charge in [-0.1, -0.05) is 0 Å². The molecule has 1 N–H and O–H groups in total. The van der Waals surface area contributed by atoms with Crippen LogP contribution < -0.4 is 5.32 Å². The average molecular weight is 659 g/mol. The van der Waals surface area contributed by atoms with Crippen LogP contribution in [-0.4, -0.2) is 49.3 Å². The summed E-state index contributed by atoms with van der Waals surface area (Å²) in [5.41, 5.74) is 0. The van der Waals surface area contributed by atoms with E-state index < -0.39 is 19.1 Å². The lowest BCUT2D eigenvalue weighted by Crippen LogP contribution is -2.22. The third-order valence-electron chi connectivity index (χ3n) is 2.69. The predicted molar refractivity (Wildman–Crippen MR) is 127 cm³/mol. The topological polar surface area (TPSA) is 83.6 Å². The number of benzene rings is 2. The summed E-state index contributed by atoms with van der Waals surface area (Å²) >= 11 is 4.22. The molecule has 152 valence electrons. The number of nitrogens with one attached hydrogen (secondary N) is 1. The molecule has 2 aromatic rings. The second kappa shape index (κ2) is 12.5. The molecule has 27 heavy (non-hydrogen) atoms. The number of halogens is 3. The maximum Gasteiger partial charge on any atom is 0.261 e. The van der Waals surface area contributed by atoms with Crippen LogP contribution in [0.1, 0.15) is 0 Å². The van der Waals surface area contributed by atoms with Gasteiger partial charge in [-0.25, -0.2) is 21.1 Å². The van der Waals surface area contributed by atoms with Gasteiger partial charge in [-0.3, -0.25) is 0 Å². The number of hydrogen-bond donors (Lipinski definition) is 1. The zero-order valence-corrected chi connectivity index (χ0v) is 21.9. The van der Waals surface area contributed by atoms with E-state index in [9.17, 15) is 16.8 Å². The molecule has 0 atom stereocenters. The third kappa shape index (κ3) is 10.4. The summed E-state index contributed by atoms with van der Waals surface area (Å²) in [5, 5.41) is 2.75. The zero-order chi connectivity index (χ0) is 21.3. The largest absolute Gasteiger partial charge is 0.323 e. The highest BCUT2D eigenvalue weighted by molar-refractivity contribution is 14.1. The van der Waals surface area contributed by atoms with Crippen molar-refractivity contribution < 1.29 is 16.8 Å². The van der Waals surface area contributed by atoms with Gasteiger partial charge in [0.1, 0.15) is 0 Å². The van der Waals surface area contributed by atoms with Gasteiger partial charge in [-0.15, -0.1) is 0 Å². The molecule has 0 aliphatic heterocycles. The Morgan fingerprint density at radius 3 is 1.33 bits per heavy atom. The first kappa shape index (κ1) is 27.0. The van der Waals surface area contributed by atoms with Crippen molar-refractivity contribution in [2.75, 3.05) is 28.2 Å². The summed E-state index contributed by atoms with van der Waals surface area (Å²) in [7, 11) is 5.06. The van der Waals surface area contributed by atoms with Gasteiger partial charge in [-0.05, 0) is 108 Å². The lowest BCUT2D eigenvalue weighted by molar-refractivity contribution is 0.520. The maximum absolute atomic E-state index is 11.6. The van der Waals surface area contributed by atoms with Crippen molar-refractivity contribution in [2.24, 2.45) is 0 Å². The first-order chi connectivity index (χ1) is 12.4. The molecule has 0 spiro atoms. The van der Waals surface area contributed by atoms with Gasteiger partial charge in [0.05, 0.1) is 9.79 Å². The lowest BCUT2D eigenvalue weighted by Gasteiger charge is -2.10. The average Bonchev–Trinajstić information content (AvgIpc) is 2.56. The van der Waals surface area contributed by atoms with E-state index in [0.29, 0.717) is 4.90 Å². The Kier molecular flexibility index (Phi) is 12.6. The molecule has 11 heteroatoms. The van der Waals surface area contributed by atoms with Crippen molar-refractivity contribution >= 4 is 74.9 Å². The monoisotopic (exact) mass is 658 g/mol. The summed E-state index contributed by atoms with van der Waals surface area (Å²) in [5.74, 6) is 0. The molecule has 0 aliphatic carbocycles. The number of rotatable bonds is 3. The van der Waals surface area contributed by atoms with E-state index in [2.05, 4.69) is 50.5 Å². The molecule has 0 radical (unpaired) electrons. The van der Waals surface area contributed by atoms with Crippen LogP contribution >= 0.6 is 55.9 Å². The fourth-order valence-electron chi connectivity index (χ4n) is 1.41. The zero-order valence-electron chi connectivity index (χ0n) is 15.1. The molecule has 0 saturated heterocycles. The Labute approximate surface area is 193 Å². The molecule has 0 amide bonds. The van der Waals surface area contributed by atoms with Crippen LogP contribution in [0.4, 0.5) is 0 Å².